The number of anilines is 1. The van der Waals surface area contributed by atoms with Crippen molar-refractivity contribution in [2.45, 2.75) is 37.5 Å². The number of hydrogen-bond acceptors (Lipinski definition) is 4. The Kier molecular flexibility index (Phi) is 6.93. The average molecular weight is 513 g/mol. The van der Waals surface area contributed by atoms with Crippen LogP contribution < -0.4 is 4.90 Å². The second-order valence-electron chi connectivity index (χ2n) is 8.32. The molecule has 0 amide bonds. The van der Waals surface area contributed by atoms with Crippen LogP contribution in [0.4, 0.5) is 18.9 Å². The van der Waals surface area contributed by atoms with Crippen molar-refractivity contribution >= 4 is 27.3 Å². The maximum Gasteiger partial charge on any atom is 0.511 e. The van der Waals surface area contributed by atoms with Crippen molar-refractivity contribution < 1.29 is 21.6 Å². The number of halogens is 4. The summed E-state index contributed by atoms with van der Waals surface area (Å²) in [5, 5.41) is 0.217. The summed E-state index contributed by atoms with van der Waals surface area (Å²) >= 11 is 6.39. The molecule has 2 heterocycles. The minimum atomic E-state index is -5.56. The molecule has 0 aliphatic carbocycles. The molecule has 0 saturated carbocycles. The number of sulfonamides is 1. The number of rotatable bonds is 6. The van der Waals surface area contributed by atoms with Crippen LogP contribution in [0.15, 0.2) is 61.1 Å². The lowest BCUT2D eigenvalue weighted by molar-refractivity contribution is -0.0492. The van der Waals surface area contributed by atoms with Gasteiger partial charge in [-0.05, 0) is 30.5 Å². The van der Waals surface area contributed by atoms with Crippen LogP contribution in [0.1, 0.15) is 23.2 Å². The van der Waals surface area contributed by atoms with Crippen molar-refractivity contribution in [3.8, 4) is 0 Å². The monoisotopic (exact) mass is 512 g/mol. The van der Waals surface area contributed by atoms with E-state index in [9.17, 15) is 21.6 Å². The van der Waals surface area contributed by atoms with E-state index in [1.807, 2.05) is 48.5 Å². The number of benzene rings is 2. The Morgan fingerprint density at radius 2 is 1.85 bits per heavy atom. The average Bonchev–Trinajstić information content (AvgIpc) is 3.12. The number of fused-ring (bicyclic) bond motifs is 1. The minimum absolute atomic E-state index is 0.217. The first kappa shape index (κ1) is 24.6. The summed E-state index contributed by atoms with van der Waals surface area (Å²) in [7, 11) is -3.73. The predicted octanol–water partition coefficient (Wildman–Crippen LogP) is 4.75. The van der Waals surface area contributed by atoms with Crippen LogP contribution in [-0.4, -0.2) is 40.4 Å². The van der Waals surface area contributed by atoms with E-state index in [1.54, 1.807) is 29.1 Å². The SMILES string of the molecule is Cn1cnc(CN2c3cccc(Cl)c3CN(S(=O)(=O)C(F)(F)F)C[C@@H]2CCc2ccccc2)c1. The molecule has 182 valence electrons. The molecule has 0 radical (unpaired) electrons. The molecule has 34 heavy (non-hydrogen) atoms. The Hall–Kier alpha value is -2.56. The van der Waals surface area contributed by atoms with Crippen LogP contribution in [-0.2, 0) is 36.6 Å². The zero-order valence-corrected chi connectivity index (χ0v) is 20.0. The lowest BCUT2D eigenvalue weighted by Gasteiger charge is -2.34. The quantitative estimate of drug-likeness (QED) is 0.478. The van der Waals surface area contributed by atoms with Crippen LogP contribution in [0, 0.1) is 0 Å². The summed E-state index contributed by atoms with van der Waals surface area (Å²) in [4.78, 5) is 6.30. The van der Waals surface area contributed by atoms with Gasteiger partial charge in [-0.1, -0.05) is 48.0 Å². The zero-order valence-electron chi connectivity index (χ0n) is 18.4. The fourth-order valence-corrected chi connectivity index (χ4v) is 5.43. The van der Waals surface area contributed by atoms with E-state index in [0.717, 1.165) is 5.56 Å². The van der Waals surface area contributed by atoms with Gasteiger partial charge in [0.25, 0.3) is 0 Å². The Morgan fingerprint density at radius 3 is 2.50 bits per heavy atom. The van der Waals surface area contributed by atoms with Crippen LogP contribution in [0.3, 0.4) is 0 Å². The second kappa shape index (κ2) is 9.59. The first-order valence-corrected chi connectivity index (χ1v) is 12.5. The fourth-order valence-electron chi connectivity index (χ4n) is 4.24. The van der Waals surface area contributed by atoms with Crippen LogP contribution in [0.5, 0.6) is 0 Å². The minimum Gasteiger partial charge on any atom is -0.361 e. The molecule has 11 heteroatoms. The van der Waals surface area contributed by atoms with Crippen LogP contribution in [0.25, 0.3) is 0 Å². The fraction of sp³-hybridized carbons (Fsp3) is 0.348. The Morgan fingerprint density at radius 1 is 1.12 bits per heavy atom. The summed E-state index contributed by atoms with van der Waals surface area (Å²) in [5.41, 5.74) is -2.73. The first-order chi connectivity index (χ1) is 16.1. The Balaban J connectivity index is 1.78. The van der Waals surface area contributed by atoms with Crippen LogP contribution >= 0.6 is 11.6 Å². The van der Waals surface area contributed by atoms with Gasteiger partial charge in [-0.2, -0.15) is 17.5 Å². The van der Waals surface area contributed by atoms with Gasteiger partial charge in [-0.25, -0.2) is 13.4 Å². The van der Waals surface area contributed by atoms with Crippen LogP contribution in [0.2, 0.25) is 5.02 Å². The van der Waals surface area contributed by atoms with Crippen molar-refractivity contribution in [1.29, 1.82) is 0 Å². The molecule has 0 unspecified atom stereocenters. The van der Waals surface area contributed by atoms with Gasteiger partial charge in [0.1, 0.15) is 0 Å². The molecule has 2 aromatic carbocycles. The van der Waals surface area contributed by atoms with Crippen molar-refractivity contribution in [2.75, 3.05) is 11.4 Å². The molecular formula is C23H24ClF3N4O2S. The molecule has 3 aromatic rings. The highest BCUT2D eigenvalue weighted by atomic mass is 35.5. The maximum atomic E-state index is 13.6. The topological polar surface area (TPSA) is 58.4 Å². The summed E-state index contributed by atoms with van der Waals surface area (Å²) < 4.78 is 68.0. The zero-order chi connectivity index (χ0) is 24.5. The van der Waals surface area contributed by atoms with E-state index in [2.05, 4.69) is 4.98 Å². The summed E-state index contributed by atoms with van der Waals surface area (Å²) in [5.74, 6) is 0. The molecular weight excluding hydrogens is 489 g/mol. The lowest BCUT2D eigenvalue weighted by atomic mass is 10.0. The van der Waals surface area contributed by atoms with Gasteiger partial charge in [0.2, 0.25) is 0 Å². The number of aromatic nitrogens is 2. The van der Waals surface area contributed by atoms with E-state index < -0.39 is 28.1 Å². The maximum absolute atomic E-state index is 13.6. The normalized spacial score (nSPS) is 17.4. The van der Waals surface area contributed by atoms with E-state index in [4.69, 9.17) is 11.6 Å². The summed E-state index contributed by atoms with van der Waals surface area (Å²) in [6, 6.07) is 14.1. The molecule has 0 spiro atoms. The van der Waals surface area contributed by atoms with E-state index in [-0.39, 0.29) is 11.6 Å². The molecule has 0 N–H and O–H groups in total. The number of alkyl halides is 3. The molecule has 0 bridgehead atoms. The van der Waals surface area contributed by atoms with Gasteiger partial charge in [0.15, 0.2) is 0 Å². The standard InChI is InChI=1S/C23H24ClF3N4O2S/c1-29-12-18(28-16-29)13-31-19(11-10-17-6-3-2-4-7-17)14-30(34(32,33)23(25,26)27)15-20-21(24)8-5-9-22(20)31/h2-9,12,16,19H,10-11,13-15H2,1H3/t19-/m0/s1. The number of aryl methyl sites for hydroxylation is 2. The first-order valence-electron chi connectivity index (χ1n) is 10.7. The van der Waals surface area contributed by atoms with Gasteiger partial charge in [0.05, 0.1) is 18.6 Å². The Labute approximate surface area is 201 Å². The number of nitrogens with zero attached hydrogens (tertiary/aromatic N) is 4. The predicted molar refractivity (Wildman–Crippen MR) is 125 cm³/mol. The number of hydrogen-bond donors (Lipinski definition) is 0. The molecule has 1 aliphatic rings. The van der Waals surface area contributed by atoms with E-state index in [0.29, 0.717) is 40.6 Å². The molecule has 0 fully saturated rings. The number of imidazole rings is 1. The molecule has 6 nitrogen and oxygen atoms in total. The highest BCUT2D eigenvalue weighted by molar-refractivity contribution is 7.89. The van der Waals surface area contributed by atoms with Crippen molar-refractivity contribution in [2.24, 2.45) is 7.05 Å². The lowest BCUT2D eigenvalue weighted by Crippen LogP contribution is -2.47. The van der Waals surface area contributed by atoms with Gasteiger partial charge >= 0.3 is 15.5 Å². The van der Waals surface area contributed by atoms with Gasteiger partial charge in [-0.3, -0.25) is 0 Å². The highest BCUT2D eigenvalue weighted by Gasteiger charge is 2.51. The molecule has 0 saturated heterocycles. The summed E-state index contributed by atoms with van der Waals surface area (Å²) in [6.45, 7) is -0.489. The summed E-state index contributed by atoms with van der Waals surface area (Å²) in [6.07, 6.45) is 4.48. The smallest absolute Gasteiger partial charge is 0.361 e. The largest absolute Gasteiger partial charge is 0.511 e. The molecule has 1 atom stereocenters. The van der Waals surface area contributed by atoms with E-state index >= 15 is 0 Å². The third-order valence-corrected chi connectivity index (χ3v) is 7.82. The van der Waals surface area contributed by atoms with Crippen molar-refractivity contribution in [1.82, 2.24) is 13.9 Å². The third-order valence-electron chi connectivity index (χ3n) is 5.93. The molecule has 4 rings (SSSR count). The third kappa shape index (κ3) is 5.08. The molecule has 1 aliphatic heterocycles. The van der Waals surface area contributed by atoms with Gasteiger partial charge in [-0.15, -0.1) is 0 Å². The second-order valence-corrected chi connectivity index (χ2v) is 10.7. The van der Waals surface area contributed by atoms with Crippen molar-refractivity contribution in [3.05, 3.63) is 82.9 Å². The van der Waals surface area contributed by atoms with Gasteiger partial charge in [0, 0.05) is 48.6 Å². The highest BCUT2D eigenvalue weighted by Crippen LogP contribution is 2.38. The van der Waals surface area contributed by atoms with Gasteiger partial charge < -0.3 is 9.47 Å². The van der Waals surface area contributed by atoms with Crippen molar-refractivity contribution in [3.63, 3.8) is 0 Å². The Bertz CT molecular complexity index is 1250. The molecule has 1 aromatic heterocycles. The van der Waals surface area contributed by atoms with E-state index in [1.165, 1.54) is 0 Å².